The number of rotatable bonds is 10. The van der Waals surface area contributed by atoms with Crippen molar-refractivity contribution >= 4 is 5.95 Å². The van der Waals surface area contributed by atoms with Gasteiger partial charge in [-0.25, -0.2) is 0 Å². The monoisotopic (exact) mass is 297 g/mol. The van der Waals surface area contributed by atoms with E-state index in [1.807, 2.05) is 20.8 Å². The van der Waals surface area contributed by atoms with E-state index >= 15 is 0 Å². The normalized spacial score (nSPS) is 11.0. The first-order valence-electron chi connectivity index (χ1n) is 7.60. The van der Waals surface area contributed by atoms with Gasteiger partial charge in [-0.15, -0.1) is 4.98 Å². The average Bonchev–Trinajstić information content (AvgIpc) is 2.43. The van der Waals surface area contributed by atoms with Crippen LogP contribution in [0.15, 0.2) is 0 Å². The number of aromatic nitrogens is 3. The SMILES string of the molecule is CCNc1nc(OCCN(CC)CC)nc(OC(C)C)n1. The molecule has 0 bridgehead atoms. The summed E-state index contributed by atoms with van der Waals surface area (Å²) in [5.41, 5.74) is 0. The van der Waals surface area contributed by atoms with Gasteiger partial charge in [-0.2, -0.15) is 9.97 Å². The van der Waals surface area contributed by atoms with E-state index in [4.69, 9.17) is 9.47 Å². The van der Waals surface area contributed by atoms with Crippen LogP contribution < -0.4 is 14.8 Å². The summed E-state index contributed by atoms with van der Waals surface area (Å²) in [6.07, 6.45) is 0.00500. The number of likely N-dealkylation sites (N-methyl/N-ethyl adjacent to an activating group) is 1. The molecule has 120 valence electrons. The largest absolute Gasteiger partial charge is 0.462 e. The maximum atomic E-state index is 5.63. The van der Waals surface area contributed by atoms with Crippen molar-refractivity contribution in [3.63, 3.8) is 0 Å². The zero-order valence-corrected chi connectivity index (χ0v) is 13.7. The van der Waals surface area contributed by atoms with E-state index in [0.29, 0.717) is 18.6 Å². The lowest BCUT2D eigenvalue weighted by Crippen LogP contribution is -2.28. The molecular formula is C14H27N5O2. The Labute approximate surface area is 127 Å². The quantitative estimate of drug-likeness (QED) is 0.706. The van der Waals surface area contributed by atoms with Crippen LogP contribution in [0.2, 0.25) is 0 Å². The highest BCUT2D eigenvalue weighted by molar-refractivity contribution is 5.27. The highest BCUT2D eigenvalue weighted by Gasteiger charge is 2.10. The van der Waals surface area contributed by atoms with Gasteiger partial charge < -0.3 is 19.7 Å². The van der Waals surface area contributed by atoms with Crippen LogP contribution >= 0.6 is 0 Å². The zero-order chi connectivity index (χ0) is 15.7. The molecule has 0 aliphatic carbocycles. The molecule has 1 heterocycles. The first-order valence-corrected chi connectivity index (χ1v) is 7.60. The van der Waals surface area contributed by atoms with E-state index in [0.717, 1.165) is 26.2 Å². The van der Waals surface area contributed by atoms with Crippen LogP contribution in [0, 0.1) is 0 Å². The van der Waals surface area contributed by atoms with Gasteiger partial charge in [-0.3, -0.25) is 0 Å². The third kappa shape index (κ3) is 6.57. The molecule has 0 unspecified atom stereocenters. The van der Waals surface area contributed by atoms with Crippen LogP contribution in [0.4, 0.5) is 5.95 Å². The Morgan fingerprint density at radius 1 is 1.05 bits per heavy atom. The molecule has 1 rings (SSSR count). The van der Waals surface area contributed by atoms with Gasteiger partial charge in [0.1, 0.15) is 6.61 Å². The van der Waals surface area contributed by atoms with Crippen LogP contribution in [-0.2, 0) is 0 Å². The number of anilines is 1. The summed E-state index contributed by atoms with van der Waals surface area (Å²) < 4.78 is 11.1. The molecule has 21 heavy (non-hydrogen) atoms. The van der Waals surface area contributed by atoms with Crippen LogP contribution in [-0.4, -0.2) is 58.7 Å². The van der Waals surface area contributed by atoms with Gasteiger partial charge in [0, 0.05) is 13.1 Å². The third-order valence-electron chi connectivity index (χ3n) is 2.80. The van der Waals surface area contributed by atoms with Crippen LogP contribution in [0.1, 0.15) is 34.6 Å². The summed E-state index contributed by atoms with van der Waals surface area (Å²) in [6.45, 7) is 14.2. The summed E-state index contributed by atoms with van der Waals surface area (Å²) >= 11 is 0. The summed E-state index contributed by atoms with van der Waals surface area (Å²) in [6, 6.07) is 0.581. The molecule has 1 aromatic rings. The number of ether oxygens (including phenoxy) is 2. The lowest BCUT2D eigenvalue weighted by atomic mass is 10.5. The molecule has 0 atom stereocenters. The average molecular weight is 297 g/mol. The smallest absolute Gasteiger partial charge is 0.324 e. The van der Waals surface area contributed by atoms with Crippen molar-refractivity contribution in [2.75, 3.05) is 38.1 Å². The minimum Gasteiger partial charge on any atom is -0.462 e. The molecule has 0 aliphatic heterocycles. The molecule has 0 saturated heterocycles. The first kappa shape index (κ1) is 17.4. The molecule has 0 fully saturated rings. The van der Waals surface area contributed by atoms with Crippen molar-refractivity contribution in [1.82, 2.24) is 19.9 Å². The van der Waals surface area contributed by atoms with Crippen molar-refractivity contribution in [1.29, 1.82) is 0 Å². The molecule has 0 aromatic carbocycles. The fraction of sp³-hybridized carbons (Fsp3) is 0.786. The fourth-order valence-electron chi connectivity index (χ4n) is 1.71. The van der Waals surface area contributed by atoms with Crippen LogP contribution in [0.5, 0.6) is 12.0 Å². The molecule has 7 heteroatoms. The zero-order valence-electron chi connectivity index (χ0n) is 13.7. The maximum Gasteiger partial charge on any atom is 0.324 e. The highest BCUT2D eigenvalue weighted by atomic mass is 16.5. The minimum absolute atomic E-state index is 0.00500. The lowest BCUT2D eigenvalue weighted by Gasteiger charge is -2.17. The summed E-state index contributed by atoms with van der Waals surface area (Å²) in [5, 5.41) is 3.05. The van der Waals surface area contributed by atoms with E-state index < -0.39 is 0 Å². The fourth-order valence-corrected chi connectivity index (χ4v) is 1.71. The van der Waals surface area contributed by atoms with Gasteiger partial charge in [-0.1, -0.05) is 13.8 Å². The second-order valence-corrected chi connectivity index (χ2v) is 4.80. The summed E-state index contributed by atoms with van der Waals surface area (Å²) in [7, 11) is 0. The van der Waals surface area contributed by atoms with E-state index in [-0.39, 0.29) is 12.1 Å². The molecule has 0 radical (unpaired) electrons. The van der Waals surface area contributed by atoms with E-state index in [1.54, 1.807) is 0 Å². The van der Waals surface area contributed by atoms with Crippen molar-refractivity contribution in [2.45, 2.75) is 40.7 Å². The Morgan fingerprint density at radius 3 is 2.29 bits per heavy atom. The number of hydrogen-bond donors (Lipinski definition) is 1. The molecule has 0 aliphatic rings. The van der Waals surface area contributed by atoms with Crippen molar-refractivity contribution in [2.24, 2.45) is 0 Å². The first-order chi connectivity index (χ1) is 10.1. The Morgan fingerprint density at radius 2 is 1.71 bits per heavy atom. The summed E-state index contributed by atoms with van der Waals surface area (Å²) in [5.74, 6) is 0.473. The standard InChI is InChI=1S/C14H27N5O2/c1-6-15-12-16-13(18-14(17-12)21-11(4)5)20-10-9-19(7-2)8-3/h11H,6-10H2,1-5H3,(H,15,16,17,18). The molecule has 1 aromatic heterocycles. The van der Waals surface area contributed by atoms with Crippen LogP contribution in [0.3, 0.4) is 0 Å². The van der Waals surface area contributed by atoms with Gasteiger partial charge in [0.15, 0.2) is 0 Å². The maximum absolute atomic E-state index is 5.63. The van der Waals surface area contributed by atoms with Gasteiger partial charge >= 0.3 is 12.0 Å². The highest BCUT2D eigenvalue weighted by Crippen LogP contribution is 2.14. The minimum atomic E-state index is 0.00500. The molecule has 0 spiro atoms. The molecule has 0 amide bonds. The predicted octanol–water partition coefficient (Wildman–Crippen LogP) is 1.81. The van der Waals surface area contributed by atoms with Gasteiger partial charge in [-0.05, 0) is 33.9 Å². The predicted molar refractivity (Wildman–Crippen MR) is 83.0 cm³/mol. The van der Waals surface area contributed by atoms with Gasteiger partial charge in [0.25, 0.3) is 0 Å². The Balaban J connectivity index is 2.68. The molecular weight excluding hydrogens is 270 g/mol. The number of nitrogens with zero attached hydrogens (tertiary/aromatic N) is 4. The Bertz CT molecular complexity index is 410. The number of hydrogen-bond acceptors (Lipinski definition) is 7. The second-order valence-electron chi connectivity index (χ2n) is 4.80. The third-order valence-corrected chi connectivity index (χ3v) is 2.80. The van der Waals surface area contributed by atoms with Crippen LogP contribution in [0.25, 0.3) is 0 Å². The van der Waals surface area contributed by atoms with E-state index in [2.05, 4.69) is 39.0 Å². The number of nitrogens with one attached hydrogen (secondary N) is 1. The van der Waals surface area contributed by atoms with Gasteiger partial charge in [0.2, 0.25) is 5.95 Å². The van der Waals surface area contributed by atoms with E-state index in [1.165, 1.54) is 0 Å². The Kier molecular flexibility index (Phi) is 7.74. The topological polar surface area (TPSA) is 72.4 Å². The summed E-state index contributed by atoms with van der Waals surface area (Å²) in [4.78, 5) is 14.9. The molecule has 0 saturated carbocycles. The van der Waals surface area contributed by atoms with Crippen molar-refractivity contribution in [3.8, 4) is 12.0 Å². The lowest BCUT2D eigenvalue weighted by molar-refractivity contribution is 0.197. The molecule has 1 N–H and O–H groups in total. The molecule has 7 nitrogen and oxygen atoms in total. The van der Waals surface area contributed by atoms with Gasteiger partial charge in [0.05, 0.1) is 6.10 Å². The van der Waals surface area contributed by atoms with Crippen molar-refractivity contribution < 1.29 is 9.47 Å². The van der Waals surface area contributed by atoms with Crippen molar-refractivity contribution in [3.05, 3.63) is 0 Å². The van der Waals surface area contributed by atoms with E-state index in [9.17, 15) is 0 Å². The Hall–Kier alpha value is -1.63. The second kappa shape index (κ2) is 9.33.